The number of benzene rings is 1. The first kappa shape index (κ1) is 18.1. The molecule has 0 radical (unpaired) electrons. The maximum Gasteiger partial charge on any atom is 0.227 e. The van der Waals surface area contributed by atoms with Crippen molar-refractivity contribution in [2.45, 2.75) is 32.4 Å². The lowest BCUT2D eigenvalue weighted by atomic mass is 10.0. The molecular weight excluding hydrogens is 311 g/mol. The van der Waals surface area contributed by atoms with Gasteiger partial charge in [-0.2, -0.15) is 0 Å². The van der Waals surface area contributed by atoms with Gasteiger partial charge in [-0.05, 0) is 32.0 Å². The van der Waals surface area contributed by atoms with Crippen LogP contribution in [0.5, 0.6) is 5.75 Å². The molecule has 1 N–H and O–H groups in total. The van der Waals surface area contributed by atoms with Gasteiger partial charge in [0.05, 0.1) is 13.5 Å². The Morgan fingerprint density at radius 2 is 2.19 bits per heavy atom. The lowest BCUT2D eigenvalue weighted by Gasteiger charge is -2.38. The second kappa shape index (κ2) is 7.87. The molecule has 0 bridgehead atoms. The molecular formula is C15H22Cl2N2O2. The number of halogens is 2. The molecule has 6 heteroatoms. The van der Waals surface area contributed by atoms with Crippen molar-refractivity contribution < 1.29 is 9.53 Å². The van der Waals surface area contributed by atoms with Crippen molar-refractivity contribution in [2.75, 3.05) is 20.2 Å². The van der Waals surface area contributed by atoms with Gasteiger partial charge in [-0.3, -0.25) is 4.79 Å². The molecule has 4 nitrogen and oxygen atoms in total. The maximum atomic E-state index is 12.5. The summed E-state index contributed by atoms with van der Waals surface area (Å²) in [4.78, 5) is 14.4. The molecule has 0 saturated carbocycles. The van der Waals surface area contributed by atoms with Gasteiger partial charge in [-0.1, -0.05) is 11.6 Å². The van der Waals surface area contributed by atoms with E-state index in [-0.39, 0.29) is 24.4 Å². The Balaban J connectivity index is 0.00000220. The van der Waals surface area contributed by atoms with Gasteiger partial charge >= 0.3 is 0 Å². The predicted octanol–water partition coefficient (Wildman–Crippen LogP) is 2.52. The van der Waals surface area contributed by atoms with Crippen molar-refractivity contribution >= 4 is 29.9 Å². The fourth-order valence-electron chi connectivity index (χ4n) is 2.56. The van der Waals surface area contributed by atoms with Crippen LogP contribution in [0.1, 0.15) is 19.4 Å². The Hall–Kier alpha value is -0.970. The highest BCUT2D eigenvalue weighted by Gasteiger charge is 2.28. The van der Waals surface area contributed by atoms with Gasteiger partial charge in [-0.25, -0.2) is 0 Å². The van der Waals surface area contributed by atoms with Crippen molar-refractivity contribution in [3.05, 3.63) is 28.8 Å². The molecule has 1 aliphatic heterocycles. The highest BCUT2D eigenvalue weighted by Crippen LogP contribution is 2.24. The number of hydrogen-bond acceptors (Lipinski definition) is 3. The Morgan fingerprint density at radius 3 is 2.86 bits per heavy atom. The number of methoxy groups -OCH3 is 1. The number of hydrogen-bond donors (Lipinski definition) is 1. The van der Waals surface area contributed by atoms with Gasteiger partial charge in [0.1, 0.15) is 5.75 Å². The largest absolute Gasteiger partial charge is 0.496 e. The second-order valence-electron chi connectivity index (χ2n) is 5.20. The molecule has 1 fully saturated rings. The van der Waals surface area contributed by atoms with E-state index in [2.05, 4.69) is 19.2 Å². The molecule has 1 aromatic rings. The van der Waals surface area contributed by atoms with Gasteiger partial charge in [0.25, 0.3) is 0 Å². The molecule has 1 saturated heterocycles. The van der Waals surface area contributed by atoms with E-state index in [1.807, 2.05) is 4.90 Å². The Kier molecular flexibility index (Phi) is 6.78. The third kappa shape index (κ3) is 4.25. The van der Waals surface area contributed by atoms with Crippen molar-refractivity contribution in [2.24, 2.45) is 0 Å². The monoisotopic (exact) mass is 332 g/mol. The summed E-state index contributed by atoms with van der Waals surface area (Å²) < 4.78 is 5.29. The molecule has 1 aliphatic rings. The standard InChI is InChI=1S/C15H21ClN2O2.ClH/c1-10-11(2)18(7-6-17-10)15(19)9-12-8-13(16)4-5-14(12)20-3;/h4-5,8,10-11,17H,6-7,9H2,1-3H3;1H. The van der Waals surface area contributed by atoms with Gasteiger partial charge in [0.15, 0.2) is 0 Å². The zero-order chi connectivity index (χ0) is 14.7. The molecule has 1 amide bonds. The first-order valence-corrected chi connectivity index (χ1v) is 7.26. The normalized spacial score (nSPS) is 21.6. The van der Waals surface area contributed by atoms with E-state index >= 15 is 0 Å². The average Bonchev–Trinajstić information content (AvgIpc) is 2.42. The summed E-state index contributed by atoms with van der Waals surface area (Å²) in [5.74, 6) is 0.824. The highest BCUT2D eigenvalue weighted by molar-refractivity contribution is 6.30. The van der Waals surface area contributed by atoms with Crippen LogP contribution in [0.2, 0.25) is 5.02 Å². The first-order chi connectivity index (χ1) is 9.52. The Labute approximate surface area is 137 Å². The smallest absolute Gasteiger partial charge is 0.227 e. The summed E-state index contributed by atoms with van der Waals surface area (Å²) in [5.41, 5.74) is 0.836. The van der Waals surface area contributed by atoms with Crippen LogP contribution in [-0.2, 0) is 11.2 Å². The Bertz CT molecular complexity index is 497. The molecule has 118 valence electrons. The minimum Gasteiger partial charge on any atom is -0.496 e. The fraction of sp³-hybridized carbons (Fsp3) is 0.533. The summed E-state index contributed by atoms with van der Waals surface area (Å²) in [6.07, 6.45) is 0.320. The van der Waals surface area contributed by atoms with Crippen LogP contribution < -0.4 is 10.1 Å². The number of carbonyl (C=O) groups excluding carboxylic acids is 1. The lowest BCUT2D eigenvalue weighted by molar-refractivity contribution is -0.134. The van der Waals surface area contributed by atoms with Crippen molar-refractivity contribution in [1.29, 1.82) is 0 Å². The van der Waals surface area contributed by atoms with Crippen LogP contribution >= 0.6 is 24.0 Å². The second-order valence-corrected chi connectivity index (χ2v) is 5.64. The number of piperazine rings is 1. The van der Waals surface area contributed by atoms with E-state index in [0.717, 1.165) is 18.7 Å². The minimum atomic E-state index is 0. The molecule has 21 heavy (non-hydrogen) atoms. The van der Waals surface area contributed by atoms with Gasteiger partial charge < -0.3 is 15.0 Å². The molecule has 1 heterocycles. The van der Waals surface area contributed by atoms with Crippen LogP contribution in [-0.4, -0.2) is 43.1 Å². The van der Waals surface area contributed by atoms with Crippen LogP contribution in [0.4, 0.5) is 0 Å². The van der Waals surface area contributed by atoms with E-state index in [4.69, 9.17) is 16.3 Å². The topological polar surface area (TPSA) is 41.6 Å². The van der Waals surface area contributed by atoms with Gasteiger partial charge in [-0.15, -0.1) is 12.4 Å². The van der Waals surface area contributed by atoms with E-state index < -0.39 is 0 Å². The third-order valence-corrected chi connectivity index (χ3v) is 4.17. The van der Waals surface area contributed by atoms with E-state index in [1.165, 1.54) is 0 Å². The van der Waals surface area contributed by atoms with Crippen LogP contribution in [0.25, 0.3) is 0 Å². The predicted molar refractivity (Wildman–Crippen MR) is 87.6 cm³/mol. The molecule has 2 rings (SSSR count). The first-order valence-electron chi connectivity index (χ1n) is 6.88. The summed E-state index contributed by atoms with van der Waals surface area (Å²) in [6.45, 7) is 5.76. The van der Waals surface area contributed by atoms with Crippen LogP contribution in [0, 0.1) is 0 Å². The molecule has 0 aliphatic carbocycles. The summed E-state index contributed by atoms with van der Waals surface area (Å²) >= 11 is 6.00. The SMILES string of the molecule is COc1ccc(Cl)cc1CC(=O)N1CCNC(C)C1C.Cl. The number of amides is 1. The molecule has 2 atom stereocenters. The highest BCUT2D eigenvalue weighted by atomic mass is 35.5. The van der Waals surface area contributed by atoms with Crippen LogP contribution in [0.15, 0.2) is 18.2 Å². The zero-order valence-electron chi connectivity index (χ0n) is 12.6. The third-order valence-electron chi connectivity index (χ3n) is 3.94. The number of ether oxygens (including phenoxy) is 1. The number of nitrogens with zero attached hydrogens (tertiary/aromatic N) is 1. The van der Waals surface area contributed by atoms with E-state index in [1.54, 1.807) is 25.3 Å². The summed E-state index contributed by atoms with van der Waals surface area (Å²) in [7, 11) is 1.60. The average molecular weight is 333 g/mol. The molecule has 2 unspecified atom stereocenters. The van der Waals surface area contributed by atoms with Crippen molar-refractivity contribution in [1.82, 2.24) is 10.2 Å². The molecule has 0 spiro atoms. The zero-order valence-corrected chi connectivity index (χ0v) is 14.1. The molecule has 1 aromatic carbocycles. The van der Waals surface area contributed by atoms with E-state index in [9.17, 15) is 4.79 Å². The quantitative estimate of drug-likeness (QED) is 0.924. The minimum absolute atomic E-state index is 0. The van der Waals surface area contributed by atoms with E-state index in [0.29, 0.717) is 23.2 Å². The van der Waals surface area contributed by atoms with Crippen LogP contribution in [0.3, 0.4) is 0 Å². The Morgan fingerprint density at radius 1 is 1.48 bits per heavy atom. The van der Waals surface area contributed by atoms with Gasteiger partial charge in [0, 0.05) is 35.8 Å². The number of rotatable bonds is 3. The number of carbonyl (C=O) groups is 1. The van der Waals surface area contributed by atoms with Crippen molar-refractivity contribution in [3.8, 4) is 5.75 Å². The van der Waals surface area contributed by atoms with Gasteiger partial charge in [0.2, 0.25) is 5.91 Å². The fourth-order valence-corrected chi connectivity index (χ4v) is 2.75. The number of nitrogens with one attached hydrogen (secondary N) is 1. The lowest BCUT2D eigenvalue weighted by Crippen LogP contribution is -2.57. The summed E-state index contributed by atoms with van der Waals surface area (Å²) in [5, 5.41) is 3.99. The van der Waals surface area contributed by atoms with Crippen molar-refractivity contribution in [3.63, 3.8) is 0 Å². The molecule has 0 aromatic heterocycles. The maximum absolute atomic E-state index is 12.5. The summed E-state index contributed by atoms with van der Waals surface area (Å²) in [6, 6.07) is 5.88.